The van der Waals surface area contributed by atoms with Gasteiger partial charge in [-0.2, -0.15) is 0 Å². The molecule has 0 spiro atoms. The van der Waals surface area contributed by atoms with Crippen LogP contribution in [0.3, 0.4) is 0 Å². The molecule has 1 aliphatic rings. The van der Waals surface area contributed by atoms with Crippen molar-refractivity contribution in [3.05, 3.63) is 23.4 Å². The lowest BCUT2D eigenvalue weighted by Gasteiger charge is -2.33. The number of aromatic nitrogens is 1. The van der Waals surface area contributed by atoms with Gasteiger partial charge < -0.3 is 16.8 Å². The Labute approximate surface area is 94.2 Å². The third-order valence-corrected chi connectivity index (χ3v) is 2.76. The van der Waals surface area contributed by atoms with Crippen LogP contribution in [0.2, 0.25) is 0 Å². The molecule has 1 aromatic heterocycles. The Balaban J connectivity index is 2.11. The lowest BCUT2D eigenvalue weighted by Crippen LogP contribution is -2.44. The Morgan fingerprint density at radius 2 is 2.19 bits per heavy atom. The van der Waals surface area contributed by atoms with E-state index >= 15 is 0 Å². The molecule has 0 saturated heterocycles. The summed E-state index contributed by atoms with van der Waals surface area (Å²) in [7, 11) is 0. The molecular formula is C11H16N4O. The summed E-state index contributed by atoms with van der Waals surface area (Å²) in [6, 6.07) is 4.02. The summed E-state index contributed by atoms with van der Waals surface area (Å²) < 4.78 is 0. The predicted molar refractivity (Wildman–Crippen MR) is 62.1 cm³/mol. The molecule has 1 saturated carbocycles. The van der Waals surface area contributed by atoms with Crippen molar-refractivity contribution in [2.24, 2.45) is 11.5 Å². The molecule has 1 amide bonds. The van der Waals surface area contributed by atoms with Crippen LogP contribution in [0.15, 0.2) is 12.1 Å². The highest BCUT2D eigenvalue weighted by Gasteiger charge is 2.25. The largest absolute Gasteiger partial charge is 0.367 e. The fourth-order valence-electron chi connectivity index (χ4n) is 1.87. The lowest BCUT2D eigenvalue weighted by molar-refractivity contribution is 0.1000. The maximum absolute atomic E-state index is 11.1. The third kappa shape index (κ3) is 2.30. The van der Waals surface area contributed by atoms with E-state index in [4.69, 9.17) is 11.5 Å². The first-order valence-corrected chi connectivity index (χ1v) is 5.35. The molecule has 5 N–H and O–H groups in total. The molecule has 0 aliphatic heterocycles. The van der Waals surface area contributed by atoms with Crippen LogP contribution in [0.25, 0.3) is 0 Å². The molecule has 2 rings (SSSR count). The van der Waals surface area contributed by atoms with Gasteiger partial charge in [-0.05, 0) is 31.9 Å². The van der Waals surface area contributed by atoms with Crippen molar-refractivity contribution in [2.75, 3.05) is 5.32 Å². The molecule has 5 heteroatoms. The van der Waals surface area contributed by atoms with E-state index in [0.717, 1.165) is 18.5 Å². The second-order valence-corrected chi connectivity index (χ2v) is 4.32. The molecule has 86 valence electrons. The minimum Gasteiger partial charge on any atom is -0.367 e. The second kappa shape index (κ2) is 4.09. The third-order valence-electron chi connectivity index (χ3n) is 2.76. The van der Waals surface area contributed by atoms with Crippen molar-refractivity contribution in [3.63, 3.8) is 0 Å². The molecule has 1 fully saturated rings. The maximum Gasteiger partial charge on any atom is 0.248 e. The van der Waals surface area contributed by atoms with E-state index < -0.39 is 5.91 Å². The van der Waals surface area contributed by atoms with Gasteiger partial charge in [0.2, 0.25) is 5.91 Å². The van der Waals surface area contributed by atoms with Gasteiger partial charge in [0.05, 0.1) is 0 Å². The molecule has 0 unspecified atom stereocenters. The molecule has 0 aromatic carbocycles. The fourth-order valence-corrected chi connectivity index (χ4v) is 1.87. The van der Waals surface area contributed by atoms with Crippen molar-refractivity contribution < 1.29 is 4.79 Å². The minimum atomic E-state index is -0.432. The van der Waals surface area contributed by atoms with Crippen LogP contribution < -0.4 is 16.8 Å². The van der Waals surface area contributed by atoms with E-state index in [1.54, 1.807) is 12.1 Å². The van der Waals surface area contributed by atoms with Crippen molar-refractivity contribution in [2.45, 2.75) is 31.8 Å². The summed E-state index contributed by atoms with van der Waals surface area (Å²) in [5.41, 5.74) is 12.2. The van der Waals surface area contributed by atoms with Gasteiger partial charge in [0.25, 0.3) is 0 Å². The van der Waals surface area contributed by atoms with E-state index in [9.17, 15) is 4.79 Å². The number of nitrogens with zero attached hydrogens (tertiary/aromatic N) is 1. The Bertz CT molecular complexity index is 412. The zero-order valence-corrected chi connectivity index (χ0v) is 9.23. The number of hydrogen-bond donors (Lipinski definition) is 3. The molecule has 1 aliphatic carbocycles. The average Bonchev–Trinajstić information content (AvgIpc) is 2.14. The van der Waals surface area contributed by atoms with E-state index in [2.05, 4.69) is 10.3 Å². The van der Waals surface area contributed by atoms with E-state index in [1.807, 2.05) is 6.92 Å². The van der Waals surface area contributed by atoms with Gasteiger partial charge in [0, 0.05) is 23.3 Å². The number of hydrogen-bond acceptors (Lipinski definition) is 4. The van der Waals surface area contributed by atoms with Crippen LogP contribution in [0.4, 0.5) is 5.82 Å². The second-order valence-electron chi connectivity index (χ2n) is 4.32. The minimum absolute atomic E-state index is 0.290. The maximum atomic E-state index is 11.1. The first-order chi connectivity index (χ1) is 7.54. The molecule has 5 nitrogen and oxygen atoms in total. The summed E-state index contributed by atoms with van der Waals surface area (Å²) in [5, 5.41) is 3.25. The predicted octanol–water partition coefficient (Wildman–Crippen LogP) is 0.391. The molecule has 16 heavy (non-hydrogen) atoms. The number of nitrogens with two attached hydrogens (primary N) is 2. The first-order valence-electron chi connectivity index (χ1n) is 5.35. The summed E-state index contributed by atoms with van der Waals surface area (Å²) in [4.78, 5) is 15.4. The smallest absolute Gasteiger partial charge is 0.248 e. The summed E-state index contributed by atoms with van der Waals surface area (Å²) in [6.07, 6.45) is 1.89. The van der Waals surface area contributed by atoms with Gasteiger partial charge in [-0.25, -0.2) is 4.98 Å². The normalized spacial score (nSPS) is 23.6. The molecule has 1 aromatic rings. The standard InChI is InChI=1S/C11H16N4O/c1-6-2-7(11(13)16)3-10(14-6)15-9-4-8(12)5-9/h2-3,8-9H,4-5,12H2,1H3,(H2,13,16)(H,14,15). The van der Waals surface area contributed by atoms with Crippen molar-refractivity contribution in [3.8, 4) is 0 Å². The lowest BCUT2D eigenvalue weighted by atomic mass is 9.88. The van der Waals surface area contributed by atoms with Gasteiger partial charge in [0.1, 0.15) is 5.82 Å². The van der Waals surface area contributed by atoms with Crippen LogP contribution in [0, 0.1) is 6.92 Å². The zero-order chi connectivity index (χ0) is 11.7. The number of amides is 1. The van der Waals surface area contributed by atoms with Crippen LogP contribution in [-0.2, 0) is 0 Å². The van der Waals surface area contributed by atoms with E-state index in [1.165, 1.54) is 0 Å². The monoisotopic (exact) mass is 220 g/mol. The van der Waals surface area contributed by atoms with Crippen LogP contribution in [0.5, 0.6) is 0 Å². The quantitative estimate of drug-likeness (QED) is 0.686. The molecule has 0 bridgehead atoms. The average molecular weight is 220 g/mol. The highest BCUT2D eigenvalue weighted by molar-refractivity contribution is 5.93. The number of nitrogens with one attached hydrogen (secondary N) is 1. The van der Waals surface area contributed by atoms with Crippen molar-refractivity contribution in [1.82, 2.24) is 4.98 Å². The number of carbonyl (C=O) groups is 1. The van der Waals surface area contributed by atoms with Crippen LogP contribution >= 0.6 is 0 Å². The number of pyridine rings is 1. The van der Waals surface area contributed by atoms with E-state index in [-0.39, 0.29) is 6.04 Å². The fraction of sp³-hybridized carbons (Fsp3) is 0.455. The number of primary amides is 1. The highest BCUT2D eigenvalue weighted by atomic mass is 16.1. The summed E-state index contributed by atoms with van der Waals surface area (Å²) in [6.45, 7) is 1.84. The van der Waals surface area contributed by atoms with Gasteiger partial charge >= 0.3 is 0 Å². The number of anilines is 1. The van der Waals surface area contributed by atoms with Crippen molar-refractivity contribution >= 4 is 11.7 Å². The zero-order valence-electron chi connectivity index (χ0n) is 9.23. The molecular weight excluding hydrogens is 204 g/mol. The first kappa shape index (κ1) is 10.9. The topological polar surface area (TPSA) is 94.0 Å². The molecule has 1 heterocycles. The number of rotatable bonds is 3. The van der Waals surface area contributed by atoms with Gasteiger partial charge in [-0.3, -0.25) is 4.79 Å². The summed E-state index contributed by atoms with van der Waals surface area (Å²) in [5.74, 6) is 0.268. The Hall–Kier alpha value is -1.62. The van der Waals surface area contributed by atoms with Gasteiger partial charge in [-0.15, -0.1) is 0 Å². The molecule has 0 radical (unpaired) electrons. The number of aryl methyl sites for hydroxylation is 1. The van der Waals surface area contributed by atoms with Crippen LogP contribution in [-0.4, -0.2) is 23.0 Å². The summed E-state index contributed by atoms with van der Waals surface area (Å²) >= 11 is 0. The Kier molecular flexibility index (Phi) is 2.78. The molecule has 0 atom stereocenters. The van der Waals surface area contributed by atoms with Gasteiger partial charge in [-0.1, -0.05) is 0 Å². The van der Waals surface area contributed by atoms with E-state index in [0.29, 0.717) is 17.4 Å². The highest BCUT2D eigenvalue weighted by Crippen LogP contribution is 2.22. The number of carbonyl (C=O) groups excluding carboxylic acids is 1. The van der Waals surface area contributed by atoms with Crippen LogP contribution in [0.1, 0.15) is 28.9 Å². The Morgan fingerprint density at radius 1 is 1.50 bits per heavy atom. The Morgan fingerprint density at radius 3 is 2.75 bits per heavy atom. The van der Waals surface area contributed by atoms with Gasteiger partial charge in [0.15, 0.2) is 0 Å². The SMILES string of the molecule is Cc1cc(C(N)=O)cc(NC2CC(N)C2)n1. The van der Waals surface area contributed by atoms with Crippen molar-refractivity contribution in [1.29, 1.82) is 0 Å².